The van der Waals surface area contributed by atoms with Gasteiger partial charge in [-0.2, -0.15) is 0 Å². The normalized spacial score (nSPS) is 8.52. The molecule has 0 spiro atoms. The van der Waals surface area contributed by atoms with Crippen molar-refractivity contribution in [2.45, 2.75) is 61.3 Å². The Balaban J connectivity index is 0. The molecule has 0 aliphatic heterocycles. The molecule has 0 unspecified atom stereocenters. The number of carbonyl (C=O) groups is 1. The summed E-state index contributed by atoms with van der Waals surface area (Å²) in [6.07, 6.45) is 3.21. The minimum atomic E-state index is 0.343. The van der Waals surface area contributed by atoms with E-state index in [0.29, 0.717) is 24.4 Å². The summed E-state index contributed by atoms with van der Waals surface area (Å²) < 4.78 is 1.67. The number of rotatable bonds is 2. The summed E-state index contributed by atoms with van der Waals surface area (Å²) >= 11 is 0. The summed E-state index contributed by atoms with van der Waals surface area (Å²) in [6.45, 7) is 13.7. The van der Waals surface area contributed by atoms with Crippen LogP contribution in [-0.2, 0) is 4.79 Å². The third kappa shape index (κ3) is 7.44. The Morgan fingerprint density at radius 3 is 2.10 bits per heavy atom. The van der Waals surface area contributed by atoms with Crippen molar-refractivity contribution >= 4 is 17.1 Å². The molecule has 5 nitrogen and oxygen atoms in total. The van der Waals surface area contributed by atoms with Crippen LogP contribution in [0.5, 0.6) is 0 Å². The van der Waals surface area contributed by atoms with Crippen molar-refractivity contribution in [2.24, 2.45) is 0 Å². The molecule has 0 atom stereocenters. The number of nitrogen functional groups attached to an aromatic ring is 1. The maximum absolute atomic E-state index is 10.2. The predicted molar refractivity (Wildman–Crippen MR) is 90.4 cm³/mol. The summed E-state index contributed by atoms with van der Waals surface area (Å²) in [6, 6.07) is 3.89. The molecule has 0 radical (unpaired) electrons. The first-order valence-corrected chi connectivity index (χ1v) is 7.67. The number of hydrogen-bond donors (Lipinski definition) is 1. The first-order valence-electron chi connectivity index (χ1n) is 7.67. The quantitative estimate of drug-likeness (QED) is 0.907. The van der Waals surface area contributed by atoms with E-state index in [1.165, 1.54) is 0 Å². The lowest BCUT2D eigenvalue weighted by Gasteiger charge is -1.94. The summed E-state index contributed by atoms with van der Waals surface area (Å²) in [7, 11) is 0. The van der Waals surface area contributed by atoms with E-state index in [0.717, 1.165) is 11.1 Å². The van der Waals surface area contributed by atoms with E-state index in [9.17, 15) is 4.79 Å². The molecule has 0 aliphatic carbocycles. The Morgan fingerprint density at radius 2 is 1.71 bits per heavy atom. The minimum absolute atomic E-state index is 0.343. The lowest BCUT2D eigenvalue weighted by molar-refractivity contribution is -0.118. The molecule has 0 aliphatic rings. The second-order valence-corrected chi connectivity index (χ2v) is 3.70. The van der Waals surface area contributed by atoms with Crippen LogP contribution in [0, 0.1) is 6.92 Å². The van der Waals surface area contributed by atoms with Crippen LogP contribution in [0.3, 0.4) is 0 Å². The topological polar surface area (TPSA) is 73.3 Å². The maximum atomic E-state index is 10.2. The molecule has 2 N–H and O–H groups in total. The van der Waals surface area contributed by atoms with Crippen LogP contribution in [0.2, 0.25) is 0 Å². The standard InChI is InChI=1S/C7H8N4.C5H10O.2C2H6/c1-5-3-2-4-11-6(5)7(8)9-10-11;1-3-5(6)4-2;2*1-2/h2-4H,8H2,1H3;3-4H2,1-2H3;2*1-2H3. The average molecular weight is 294 g/mol. The van der Waals surface area contributed by atoms with E-state index in [2.05, 4.69) is 10.3 Å². The third-order valence-corrected chi connectivity index (χ3v) is 2.46. The Labute approximate surface area is 128 Å². The van der Waals surface area contributed by atoms with Crippen molar-refractivity contribution in [3.05, 3.63) is 23.9 Å². The number of ketones is 1. The monoisotopic (exact) mass is 294 g/mol. The molecule has 5 heteroatoms. The number of carbonyl (C=O) groups excluding carboxylic acids is 1. The Kier molecular flexibility index (Phi) is 13.3. The van der Waals surface area contributed by atoms with Crippen LogP contribution in [0.1, 0.15) is 59.9 Å². The number of anilines is 1. The van der Waals surface area contributed by atoms with Crippen molar-refractivity contribution in [1.29, 1.82) is 0 Å². The van der Waals surface area contributed by atoms with Crippen molar-refractivity contribution in [3.8, 4) is 0 Å². The molecule has 21 heavy (non-hydrogen) atoms. The van der Waals surface area contributed by atoms with Crippen LogP contribution in [0.15, 0.2) is 18.3 Å². The lowest BCUT2D eigenvalue weighted by Crippen LogP contribution is -1.89. The first-order chi connectivity index (χ1) is 10.1. The number of aryl methyl sites for hydroxylation is 1. The van der Waals surface area contributed by atoms with Crippen LogP contribution in [0.4, 0.5) is 5.82 Å². The molecule has 0 bridgehead atoms. The van der Waals surface area contributed by atoms with E-state index in [4.69, 9.17) is 5.73 Å². The molecular formula is C16H30N4O. The van der Waals surface area contributed by atoms with Crippen molar-refractivity contribution < 1.29 is 4.79 Å². The molecule has 0 saturated carbocycles. The smallest absolute Gasteiger partial charge is 0.174 e. The third-order valence-electron chi connectivity index (χ3n) is 2.46. The highest BCUT2D eigenvalue weighted by Crippen LogP contribution is 2.13. The highest BCUT2D eigenvalue weighted by Gasteiger charge is 2.02. The number of nitrogens with zero attached hydrogens (tertiary/aromatic N) is 3. The Bertz CT molecular complexity index is 500. The lowest BCUT2D eigenvalue weighted by atomic mass is 10.2. The van der Waals surface area contributed by atoms with Gasteiger partial charge in [-0.05, 0) is 18.6 Å². The van der Waals surface area contributed by atoms with Crippen LogP contribution in [0.25, 0.3) is 5.52 Å². The summed E-state index contributed by atoms with van der Waals surface area (Å²) in [4.78, 5) is 10.2. The van der Waals surface area contributed by atoms with Crippen LogP contribution >= 0.6 is 0 Å². The molecular weight excluding hydrogens is 264 g/mol. The zero-order chi connectivity index (χ0) is 16.8. The van der Waals surface area contributed by atoms with E-state index in [1.807, 2.05) is 66.8 Å². The van der Waals surface area contributed by atoms with Gasteiger partial charge in [0.25, 0.3) is 0 Å². The van der Waals surface area contributed by atoms with Crippen LogP contribution in [-0.4, -0.2) is 20.6 Å². The zero-order valence-electron chi connectivity index (χ0n) is 14.5. The number of hydrogen-bond acceptors (Lipinski definition) is 4. The van der Waals surface area contributed by atoms with Crippen LogP contribution < -0.4 is 5.73 Å². The fourth-order valence-electron chi connectivity index (χ4n) is 1.39. The second-order valence-electron chi connectivity index (χ2n) is 3.70. The maximum Gasteiger partial charge on any atom is 0.174 e. The molecule has 0 aromatic carbocycles. The van der Waals surface area contributed by atoms with E-state index < -0.39 is 0 Å². The van der Waals surface area contributed by atoms with E-state index in [-0.39, 0.29) is 0 Å². The number of pyridine rings is 1. The zero-order valence-corrected chi connectivity index (χ0v) is 14.5. The van der Waals surface area contributed by atoms with Gasteiger partial charge in [0.15, 0.2) is 5.82 Å². The Morgan fingerprint density at radius 1 is 1.19 bits per heavy atom. The fraction of sp³-hybridized carbons (Fsp3) is 0.562. The van der Waals surface area contributed by atoms with Gasteiger partial charge in [0.1, 0.15) is 11.3 Å². The molecule has 120 valence electrons. The van der Waals surface area contributed by atoms with Gasteiger partial charge in [-0.25, -0.2) is 4.52 Å². The van der Waals surface area contributed by atoms with Gasteiger partial charge in [-0.15, -0.1) is 5.10 Å². The minimum Gasteiger partial charge on any atom is -0.380 e. The Hall–Kier alpha value is -1.91. The van der Waals surface area contributed by atoms with E-state index in [1.54, 1.807) is 4.52 Å². The SMILES string of the molecule is CC.CC.CCC(=O)CC.Cc1cccn2nnc(N)c12. The average Bonchev–Trinajstić information content (AvgIpc) is 2.94. The van der Waals surface area contributed by atoms with Gasteiger partial charge in [0, 0.05) is 19.0 Å². The molecule has 0 amide bonds. The molecule has 0 fully saturated rings. The van der Waals surface area contributed by atoms with Gasteiger partial charge in [-0.1, -0.05) is 52.8 Å². The van der Waals surface area contributed by atoms with Gasteiger partial charge in [0.2, 0.25) is 0 Å². The van der Waals surface area contributed by atoms with Crippen molar-refractivity contribution in [3.63, 3.8) is 0 Å². The molecule has 2 rings (SSSR count). The summed E-state index contributed by atoms with van der Waals surface area (Å²) in [5.74, 6) is 0.832. The van der Waals surface area contributed by atoms with Crippen molar-refractivity contribution in [2.75, 3.05) is 5.73 Å². The number of fused-ring (bicyclic) bond motifs is 1. The van der Waals surface area contributed by atoms with Gasteiger partial charge < -0.3 is 5.73 Å². The van der Waals surface area contributed by atoms with Gasteiger partial charge >= 0.3 is 0 Å². The highest BCUT2D eigenvalue weighted by atomic mass is 16.1. The number of nitrogens with two attached hydrogens (primary N) is 1. The molecule has 2 heterocycles. The van der Waals surface area contributed by atoms with Crippen molar-refractivity contribution in [1.82, 2.24) is 14.8 Å². The van der Waals surface area contributed by atoms with Gasteiger partial charge in [0.05, 0.1) is 0 Å². The van der Waals surface area contributed by atoms with Gasteiger partial charge in [-0.3, -0.25) is 4.79 Å². The molecule has 2 aromatic rings. The summed E-state index contributed by atoms with van der Waals surface area (Å²) in [5.41, 5.74) is 7.57. The molecule has 2 aromatic heterocycles. The largest absolute Gasteiger partial charge is 0.380 e. The molecule has 0 saturated heterocycles. The fourth-order valence-corrected chi connectivity index (χ4v) is 1.39. The first kappa shape index (κ1) is 21.4. The number of aromatic nitrogens is 3. The van der Waals surface area contributed by atoms with E-state index >= 15 is 0 Å². The summed E-state index contributed by atoms with van der Waals surface area (Å²) in [5, 5.41) is 7.57. The number of Topliss-reactive ketones (excluding diaryl/α,β-unsaturated/α-hetero) is 1. The highest BCUT2D eigenvalue weighted by molar-refractivity contribution is 5.77. The second kappa shape index (κ2) is 13.1. The predicted octanol–water partition coefficient (Wildman–Crippen LogP) is 4.05.